The maximum absolute atomic E-state index is 12.5. The van der Waals surface area contributed by atoms with Crippen LogP contribution in [-0.4, -0.2) is 20.5 Å². The van der Waals surface area contributed by atoms with E-state index in [9.17, 15) is 18.0 Å². The number of sulfonamides is 1. The van der Waals surface area contributed by atoms with Crippen molar-refractivity contribution in [2.24, 2.45) is 0 Å². The molecule has 0 bridgehead atoms. The average Bonchev–Trinajstić information content (AvgIpc) is 2.59. The Labute approximate surface area is 142 Å². The molecule has 8 nitrogen and oxygen atoms in total. The zero-order valence-electron chi connectivity index (χ0n) is 13.1. The molecular formula is C16H14N2O6S. The number of fused-ring (bicyclic) bond motifs is 1. The summed E-state index contributed by atoms with van der Waals surface area (Å²) in [6.45, 7) is 0.0185. The molecule has 0 saturated carbocycles. The van der Waals surface area contributed by atoms with Crippen LogP contribution in [0.2, 0.25) is 0 Å². The summed E-state index contributed by atoms with van der Waals surface area (Å²) in [5, 5.41) is -0.0280. The van der Waals surface area contributed by atoms with E-state index >= 15 is 0 Å². The quantitative estimate of drug-likeness (QED) is 0.698. The number of aromatic nitrogens is 1. The maximum Gasteiger partial charge on any atom is 0.419 e. The predicted molar refractivity (Wildman–Crippen MR) is 90.1 cm³/mol. The smallest absolute Gasteiger partial charge is 0.419 e. The van der Waals surface area contributed by atoms with Gasteiger partial charge in [0.05, 0.1) is 22.9 Å². The Morgan fingerprint density at radius 3 is 2.68 bits per heavy atom. The Balaban J connectivity index is 1.93. The fourth-order valence-corrected chi connectivity index (χ4v) is 3.38. The molecule has 0 unspecified atom stereocenters. The van der Waals surface area contributed by atoms with Crippen LogP contribution in [0.5, 0.6) is 5.75 Å². The molecule has 1 heterocycles. The molecule has 0 aliphatic carbocycles. The van der Waals surface area contributed by atoms with E-state index < -0.39 is 21.4 Å². The minimum Gasteiger partial charge on any atom is -0.496 e. The number of para-hydroxylation sites is 1. The number of benzene rings is 2. The molecular weight excluding hydrogens is 348 g/mol. The fourth-order valence-electron chi connectivity index (χ4n) is 2.35. The summed E-state index contributed by atoms with van der Waals surface area (Å²) in [7, 11) is -2.38. The first-order chi connectivity index (χ1) is 11.9. The van der Waals surface area contributed by atoms with Crippen molar-refractivity contribution in [1.29, 1.82) is 0 Å². The Kier molecular flexibility index (Phi) is 4.43. The van der Waals surface area contributed by atoms with E-state index in [0.717, 1.165) is 6.07 Å². The number of H-pyrrole nitrogens is 1. The van der Waals surface area contributed by atoms with Crippen LogP contribution in [0.1, 0.15) is 5.56 Å². The standard InChI is InChI=1S/C16H14N2O6S/c1-23-14-5-3-2-4-10(14)9-17-25(21,22)11-6-7-13-12(8-11)15(19)24-16(20)18-13/h2-8,17H,9H2,1H3,(H,18,20). The summed E-state index contributed by atoms with van der Waals surface area (Å²) in [5.41, 5.74) is -0.0383. The first kappa shape index (κ1) is 16.9. The molecule has 0 radical (unpaired) electrons. The van der Waals surface area contributed by atoms with Gasteiger partial charge in [-0.15, -0.1) is 0 Å². The minimum atomic E-state index is -3.88. The first-order valence-corrected chi connectivity index (χ1v) is 8.68. The molecule has 1 aromatic heterocycles. The lowest BCUT2D eigenvalue weighted by Crippen LogP contribution is -2.24. The second-order valence-electron chi connectivity index (χ2n) is 5.15. The van der Waals surface area contributed by atoms with Gasteiger partial charge in [-0.25, -0.2) is 22.7 Å². The lowest BCUT2D eigenvalue weighted by atomic mass is 10.2. The summed E-state index contributed by atoms with van der Waals surface area (Å²) in [6, 6.07) is 10.8. The van der Waals surface area contributed by atoms with Gasteiger partial charge in [0.1, 0.15) is 5.75 Å². The third-order valence-electron chi connectivity index (χ3n) is 3.59. The molecule has 130 valence electrons. The van der Waals surface area contributed by atoms with Crippen molar-refractivity contribution in [3.63, 3.8) is 0 Å². The molecule has 0 atom stereocenters. The van der Waals surface area contributed by atoms with Crippen molar-refractivity contribution >= 4 is 20.9 Å². The van der Waals surface area contributed by atoms with E-state index in [0.29, 0.717) is 11.3 Å². The zero-order valence-corrected chi connectivity index (χ0v) is 13.9. The van der Waals surface area contributed by atoms with Gasteiger partial charge in [-0.2, -0.15) is 0 Å². The molecule has 3 rings (SSSR count). The van der Waals surface area contributed by atoms with Crippen LogP contribution in [0.3, 0.4) is 0 Å². The fraction of sp³-hybridized carbons (Fsp3) is 0.125. The van der Waals surface area contributed by atoms with Gasteiger partial charge in [0.2, 0.25) is 10.0 Å². The van der Waals surface area contributed by atoms with Gasteiger partial charge in [-0.1, -0.05) is 18.2 Å². The van der Waals surface area contributed by atoms with E-state index in [1.165, 1.54) is 19.2 Å². The van der Waals surface area contributed by atoms with Crippen LogP contribution in [0.25, 0.3) is 10.9 Å². The maximum atomic E-state index is 12.5. The second kappa shape index (κ2) is 6.54. The van der Waals surface area contributed by atoms with Crippen molar-refractivity contribution in [2.75, 3.05) is 7.11 Å². The molecule has 0 saturated heterocycles. The molecule has 3 aromatic rings. The normalized spacial score (nSPS) is 11.6. The number of hydrogen-bond acceptors (Lipinski definition) is 6. The number of rotatable bonds is 5. The largest absolute Gasteiger partial charge is 0.496 e. The van der Waals surface area contributed by atoms with E-state index in [4.69, 9.17) is 4.74 Å². The number of methoxy groups -OCH3 is 1. The lowest BCUT2D eigenvalue weighted by Gasteiger charge is -2.10. The van der Waals surface area contributed by atoms with Gasteiger partial charge in [-0.05, 0) is 24.3 Å². The van der Waals surface area contributed by atoms with Crippen LogP contribution < -0.4 is 20.8 Å². The summed E-state index contributed by atoms with van der Waals surface area (Å²) in [6.07, 6.45) is 0. The monoisotopic (exact) mass is 362 g/mol. The van der Waals surface area contributed by atoms with Crippen LogP contribution in [0.15, 0.2) is 61.4 Å². The van der Waals surface area contributed by atoms with E-state index in [1.807, 2.05) is 0 Å². The molecule has 0 spiro atoms. The van der Waals surface area contributed by atoms with E-state index in [1.54, 1.807) is 24.3 Å². The van der Waals surface area contributed by atoms with E-state index in [2.05, 4.69) is 14.1 Å². The second-order valence-corrected chi connectivity index (χ2v) is 6.91. The van der Waals surface area contributed by atoms with Gasteiger partial charge in [0.15, 0.2) is 0 Å². The Bertz CT molecular complexity index is 1150. The highest BCUT2D eigenvalue weighted by atomic mass is 32.2. The van der Waals surface area contributed by atoms with Crippen molar-refractivity contribution in [3.05, 3.63) is 69.0 Å². The number of nitrogens with one attached hydrogen (secondary N) is 2. The molecule has 0 fully saturated rings. The van der Waals surface area contributed by atoms with Crippen molar-refractivity contribution in [2.45, 2.75) is 11.4 Å². The van der Waals surface area contributed by atoms with Crippen molar-refractivity contribution in [1.82, 2.24) is 9.71 Å². The van der Waals surface area contributed by atoms with Crippen molar-refractivity contribution in [3.8, 4) is 5.75 Å². The highest BCUT2D eigenvalue weighted by Crippen LogP contribution is 2.19. The van der Waals surface area contributed by atoms with Crippen LogP contribution in [0.4, 0.5) is 0 Å². The van der Waals surface area contributed by atoms with Crippen LogP contribution >= 0.6 is 0 Å². The SMILES string of the molecule is COc1ccccc1CNS(=O)(=O)c1ccc2[nH]c(=O)oc(=O)c2c1. The number of ether oxygens (including phenoxy) is 1. The molecule has 2 N–H and O–H groups in total. The number of aromatic amines is 1. The highest BCUT2D eigenvalue weighted by Gasteiger charge is 2.16. The van der Waals surface area contributed by atoms with E-state index in [-0.39, 0.29) is 22.3 Å². The Morgan fingerprint density at radius 1 is 1.16 bits per heavy atom. The first-order valence-electron chi connectivity index (χ1n) is 7.19. The van der Waals surface area contributed by atoms with Gasteiger partial charge in [0.25, 0.3) is 0 Å². The Morgan fingerprint density at radius 2 is 1.92 bits per heavy atom. The molecule has 0 amide bonds. The van der Waals surface area contributed by atoms with Gasteiger partial charge in [0, 0.05) is 12.1 Å². The van der Waals surface area contributed by atoms with Crippen molar-refractivity contribution < 1.29 is 17.6 Å². The third kappa shape index (κ3) is 3.47. The highest BCUT2D eigenvalue weighted by molar-refractivity contribution is 7.89. The molecule has 0 aliphatic rings. The zero-order chi connectivity index (χ0) is 18.0. The number of hydrogen-bond donors (Lipinski definition) is 2. The van der Waals surface area contributed by atoms with Gasteiger partial charge < -0.3 is 9.15 Å². The molecule has 0 aliphatic heterocycles. The molecule has 2 aromatic carbocycles. The summed E-state index contributed by atoms with van der Waals surface area (Å²) in [5.74, 6) is -0.343. The lowest BCUT2D eigenvalue weighted by molar-refractivity contribution is 0.409. The third-order valence-corrected chi connectivity index (χ3v) is 4.99. The van der Waals surface area contributed by atoms with Gasteiger partial charge in [-0.3, -0.25) is 4.98 Å². The minimum absolute atomic E-state index is 0.0185. The van der Waals surface area contributed by atoms with Crippen LogP contribution in [0, 0.1) is 0 Å². The summed E-state index contributed by atoms with van der Waals surface area (Å²) >= 11 is 0. The predicted octanol–water partition coefficient (Wildman–Crippen LogP) is 0.968. The molecule has 25 heavy (non-hydrogen) atoms. The Hall–Kier alpha value is -2.91. The van der Waals surface area contributed by atoms with Gasteiger partial charge >= 0.3 is 11.4 Å². The summed E-state index contributed by atoms with van der Waals surface area (Å²) in [4.78, 5) is 25.1. The average molecular weight is 362 g/mol. The van der Waals surface area contributed by atoms with Crippen LogP contribution in [-0.2, 0) is 16.6 Å². The topological polar surface area (TPSA) is 118 Å². The summed E-state index contributed by atoms with van der Waals surface area (Å²) < 4.78 is 37.0. The molecule has 9 heteroatoms.